The lowest BCUT2D eigenvalue weighted by Gasteiger charge is -2.38. The van der Waals surface area contributed by atoms with Crippen LogP contribution >= 0.6 is 0 Å². The number of nitrogens with zero attached hydrogens (tertiary/aromatic N) is 1. The lowest BCUT2D eigenvalue weighted by atomic mass is 9.76. The van der Waals surface area contributed by atoms with E-state index in [1.54, 1.807) is 0 Å². The summed E-state index contributed by atoms with van der Waals surface area (Å²) in [6.45, 7) is 0. The summed E-state index contributed by atoms with van der Waals surface area (Å²) in [6, 6.07) is 34.8. The summed E-state index contributed by atoms with van der Waals surface area (Å²) in [6.07, 6.45) is 2.90. The number of aromatic nitrogens is 1. The van der Waals surface area contributed by atoms with Crippen molar-refractivity contribution in [2.45, 2.75) is 5.54 Å². The second kappa shape index (κ2) is 6.85. The number of hydrogen-bond acceptors (Lipinski definition) is 1. The number of rotatable bonds is 5. The van der Waals surface area contributed by atoms with Crippen molar-refractivity contribution in [2.75, 3.05) is 0 Å². The Labute approximate surface area is 153 Å². The Bertz CT molecular complexity index is 891. The van der Waals surface area contributed by atoms with Crippen molar-refractivity contribution in [1.29, 1.82) is 0 Å². The van der Waals surface area contributed by atoms with Gasteiger partial charge in [-0.2, -0.15) is 0 Å². The minimum atomic E-state index is -0.622. The number of hydrogen-bond donors (Lipinski definition) is 0. The van der Waals surface area contributed by atoms with Crippen LogP contribution in [-0.4, -0.2) is 10.9 Å². The zero-order valence-electron chi connectivity index (χ0n) is 14.3. The van der Waals surface area contributed by atoms with E-state index in [0.29, 0.717) is 5.69 Å². The van der Waals surface area contributed by atoms with Crippen molar-refractivity contribution in [3.8, 4) is 0 Å². The third-order valence-corrected chi connectivity index (χ3v) is 4.84. The molecule has 0 saturated heterocycles. The molecule has 126 valence electrons. The molecule has 0 aliphatic heterocycles. The molecule has 2 nitrogen and oxygen atoms in total. The summed E-state index contributed by atoms with van der Waals surface area (Å²) < 4.78 is 2.07. The summed E-state index contributed by atoms with van der Waals surface area (Å²) >= 11 is 0. The molecular formula is C24H19NO. The summed E-state index contributed by atoms with van der Waals surface area (Å²) in [5.41, 5.74) is 3.34. The summed E-state index contributed by atoms with van der Waals surface area (Å²) in [5, 5.41) is 0. The van der Waals surface area contributed by atoms with Crippen LogP contribution in [0.25, 0.3) is 0 Å². The predicted octanol–water partition coefficient (Wildman–Crippen LogP) is 5.14. The average Bonchev–Trinajstić information content (AvgIpc) is 3.20. The van der Waals surface area contributed by atoms with Crippen molar-refractivity contribution in [3.63, 3.8) is 0 Å². The predicted molar refractivity (Wildman–Crippen MR) is 104 cm³/mol. The van der Waals surface area contributed by atoms with E-state index in [1.165, 1.54) is 0 Å². The minimum Gasteiger partial charge on any atom is -0.327 e. The maximum absolute atomic E-state index is 11.8. The molecule has 0 aliphatic rings. The van der Waals surface area contributed by atoms with E-state index in [-0.39, 0.29) is 0 Å². The van der Waals surface area contributed by atoms with E-state index in [9.17, 15) is 4.79 Å². The third kappa shape index (κ3) is 2.47. The van der Waals surface area contributed by atoms with Gasteiger partial charge in [0.2, 0.25) is 0 Å². The first-order chi connectivity index (χ1) is 12.9. The molecule has 0 bridgehead atoms. The standard InChI is InChI=1S/C24H19NO/c26-19-23-17-10-18-25(23)24(20-11-4-1-5-12-20,21-13-6-2-7-14-21)22-15-8-3-9-16-22/h1-19H. The average molecular weight is 337 g/mol. The molecule has 0 aliphatic carbocycles. The highest BCUT2D eigenvalue weighted by molar-refractivity contribution is 5.73. The van der Waals surface area contributed by atoms with Gasteiger partial charge in [0.15, 0.2) is 6.29 Å². The molecule has 0 saturated carbocycles. The van der Waals surface area contributed by atoms with Gasteiger partial charge in [-0.3, -0.25) is 4.79 Å². The molecule has 1 aromatic heterocycles. The van der Waals surface area contributed by atoms with Crippen molar-refractivity contribution >= 4 is 6.29 Å². The molecule has 0 N–H and O–H groups in total. The van der Waals surface area contributed by atoms with Crippen molar-refractivity contribution in [2.24, 2.45) is 0 Å². The van der Waals surface area contributed by atoms with Crippen LogP contribution in [-0.2, 0) is 5.54 Å². The Morgan fingerprint density at radius 3 is 1.38 bits per heavy atom. The van der Waals surface area contributed by atoms with Gasteiger partial charge in [0, 0.05) is 6.20 Å². The Morgan fingerprint density at radius 2 is 1.00 bits per heavy atom. The van der Waals surface area contributed by atoms with E-state index in [2.05, 4.69) is 41.0 Å². The molecule has 0 spiro atoms. The highest BCUT2D eigenvalue weighted by atomic mass is 16.1. The van der Waals surface area contributed by atoms with E-state index < -0.39 is 5.54 Å². The van der Waals surface area contributed by atoms with Gasteiger partial charge >= 0.3 is 0 Å². The van der Waals surface area contributed by atoms with Crippen molar-refractivity contribution in [3.05, 3.63) is 132 Å². The van der Waals surface area contributed by atoms with E-state index in [1.807, 2.05) is 72.9 Å². The fourth-order valence-corrected chi connectivity index (χ4v) is 3.75. The molecule has 0 radical (unpaired) electrons. The highest BCUT2D eigenvalue weighted by Crippen LogP contribution is 2.41. The smallest absolute Gasteiger partial charge is 0.166 e. The van der Waals surface area contributed by atoms with Crippen LogP contribution < -0.4 is 0 Å². The molecule has 0 atom stereocenters. The van der Waals surface area contributed by atoms with E-state index >= 15 is 0 Å². The van der Waals surface area contributed by atoms with Crippen LogP contribution in [0.2, 0.25) is 0 Å². The van der Waals surface area contributed by atoms with Crippen LogP contribution in [0.4, 0.5) is 0 Å². The van der Waals surface area contributed by atoms with Crippen LogP contribution in [0.1, 0.15) is 27.2 Å². The van der Waals surface area contributed by atoms with Crippen LogP contribution in [0.5, 0.6) is 0 Å². The van der Waals surface area contributed by atoms with E-state index in [4.69, 9.17) is 0 Å². The van der Waals surface area contributed by atoms with Gasteiger partial charge in [0.1, 0.15) is 5.54 Å². The van der Waals surface area contributed by atoms with Crippen LogP contribution in [0.3, 0.4) is 0 Å². The second-order valence-corrected chi connectivity index (χ2v) is 6.23. The van der Waals surface area contributed by atoms with Gasteiger partial charge in [-0.05, 0) is 28.8 Å². The molecule has 0 unspecified atom stereocenters. The summed E-state index contributed by atoms with van der Waals surface area (Å²) in [5.74, 6) is 0. The molecular weight excluding hydrogens is 318 g/mol. The van der Waals surface area contributed by atoms with Crippen LogP contribution in [0.15, 0.2) is 109 Å². The normalized spacial score (nSPS) is 11.2. The molecule has 2 heteroatoms. The fraction of sp³-hybridized carbons (Fsp3) is 0.0417. The Hall–Kier alpha value is -3.39. The number of aldehydes is 1. The fourth-order valence-electron chi connectivity index (χ4n) is 3.75. The maximum Gasteiger partial charge on any atom is 0.166 e. The SMILES string of the molecule is O=Cc1cccn1C(c1ccccc1)(c1ccccc1)c1ccccc1. The zero-order valence-corrected chi connectivity index (χ0v) is 14.3. The van der Waals surface area contributed by atoms with Gasteiger partial charge in [-0.25, -0.2) is 0 Å². The van der Waals surface area contributed by atoms with Gasteiger partial charge in [0.25, 0.3) is 0 Å². The van der Waals surface area contributed by atoms with Gasteiger partial charge in [0.05, 0.1) is 5.69 Å². The monoisotopic (exact) mass is 337 g/mol. The molecule has 1 heterocycles. The summed E-state index contributed by atoms with van der Waals surface area (Å²) in [7, 11) is 0. The Morgan fingerprint density at radius 1 is 0.577 bits per heavy atom. The van der Waals surface area contributed by atoms with E-state index in [0.717, 1.165) is 23.0 Å². The molecule has 3 aromatic carbocycles. The lowest BCUT2D eigenvalue weighted by Crippen LogP contribution is -2.38. The first kappa shape index (κ1) is 16.1. The number of carbonyl (C=O) groups excluding carboxylic acids is 1. The molecule has 4 rings (SSSR count). The number of benzene rings is 3. The largest absolute Gasteiger partial charge is 0.327 e. The molecule has 0 fully saturated rings. The highest BCUT2D eigenvalue weighted by Gasteiger charge is 2.38. The molecule has 26 heavy (non-hydrogen) atoms. The first-order valence-corrected chi connectivity index (χ1v) is 8.67. The molecule has 0 amide bonds. The third-order valence-electron chi connectivity index (χ3n) is 4.84. The Kier molecular flexibility index (Phi) is 4.24. The lowest BCUT2D eigenvalue weighted by molar-refractivity contribution is 0.111. The minimum absolute atomic E-state index is 0.622. The van der Waals surface area contributed by atoms with Crippen LogP contribution in [0, 0.1) is 0 Å². The first-order valence-electron chi connectivity index (χ1n) is 8.67. The summed E-state index contributed by atoms with van der Waals surface area (Å²) in [4.78, 5) is 11.8. The zero-order chi connectivity index (χ0) is 17.8. The molecule has 4 aromatic rings. The maximum atomic E-state index is 11.8. The van der Waals surface area contributed by atoms with Crippen molar-refractivity contribution < 1.29 is 4.79 Å². The quantitative estimate of drug-likeness (QED) is 0.365. The Balaban J connectivity index is 2.16. The topological polar surface area (TPSA) is 22.0 Å². The second-order valence-electron chi connectivity index (χ2n) is 6.23. The van der Waals surface area contributed by atoms with Crippen molar-refractivity contribution in [1.82, 2.24) is 4.57 Å². The van der Waals surface area contributed by atoms with Gasteiger partial charge in [-0.1, -0.05) is 91.0 Å². The number of carbonyl (C=O) groups is 1. The van der Waals surface area contributed by atoms with Gasteiger partial charge in [-0.15, -0.1) is 0 Å². The van der Waals surface area contributed by atoms with Gasteiger partial charge < -0.3 is 4.57 Å².